The quantitative estimate of drug-likeness (QED) is 0.588. The van der Waals surface area contributed by atoms with Crippen LogP contribution >= 0.6 is 0 Å². The van der Waals surface area contributed by atoms with Crippen molar-refractivity contribution >= 4 is 11.9 Å². The minimum absolute atomic E-state index is 0.978. The maximum absolute atomic E-state index is 4.17. The van der Waals surface area contributed by atoms with Gasteiger partial charge in [-0.15, -0.1) is 0 Å². The van der Waals surface area contributed by atoms with E-state index in [4.69, 9.17) is 0 Å². The Hall–Kier alpha value is -1.32. The Bertz CT molecular complexity index is 276. The lowest BCUT2D eigenvalue weighted by atomic mass is 10.4. The van der Waals surface area contributed by atoms with Gasteiger partial charge in [0.2, 0.25) is 0 Å². The van der Waals surface area contributed by atoms with Crippen LogP contribution in [-0.2, 0) is 7.05 Å². The summed E-state index contributed by atoms with van der Waals surface area (Å²) in [6.07, 6.45) is 6.74. The van der Waals surface area contributed by atoms with E-state index in [9.17, 15) is 0 Å². The maximum Gasteiger partial charge on any atom is 0.0973 e. The van der Waals surface area contributed by atoms with Gasteiger partial charge in [0.25, 0.3) is 0 Å². The van der Waals surface area contributed by atoms with Gasteiger partial charge in [-0.1, -0.05) is 0 Å². The highest BCUT2D eigenvalue weighted by Crippen LogP contribution is 2.14. The van der Waals surface area contributed by atoms with Crippen LogP contribution < -0.4 is 5.01 Å². The molecule has 1 aromatic heterocycles. The van der Waals surface area contributed by atoms with E-state index in [2.05, 4.69) is 10.2 Å². The second-order valence-corrected chi connectivity index (χ2v) is 2.58. The molecule has 1 aliphatic heterocycles. The molecule has 0 spiro atoms. The first-order valence-electron chi connectivity index (χ1n) is 3.65. The van der Waals surface area contributed by atoms with Crippen molar-refractivity contribution in [2.24, 2.45) is 12.1 Å². The van der Waals surface area contributed by atoms with Crippen molar-refractivity contribution < 1.29 is 0 Å². The summed E-state index contributed by atoms with van der Waals surface area (Å²) >= 11 is 0. The second kappa shape index (κ2) is 2.38. The Labute approximate surface area is 65.1 Å². The summed E-state index contributed by atoms with van der Waals surface area (Å²) in [7, 11) is 1.91. The molecule has 0 bridgehead atoms. The minimum Gasteiger partial charge on any atom is -0.274 e. The Morgan fingerprint density at radius 3 is 3.00 bits per heavy atom. The Morgan fingerprint density at radius 2 is 2.45 bits per heavy atom. The molecule has 0 aliphatic carbocycles. The summed E-state index contributed by atoms with van der Waals surface area (Å²) in [4.78, 5) is 0. The molecule has 4 heteroatoms. The first-order valence-corrected chi connectivity index (χ1v) is 3.65. The van der Waals surface area contributed by atoms with Crippen LogP contribution in [0.4, 0.5) is 5.69 Å². The van der Waals surface area contributed by atoms with Gasteiger partial charge in [0.05, 0.1) is 11.9 Å². The summed E-state index contributed by atoms with van der Waals surface area (Å²) in [5.41, 5.74) is 1.07. The Morgan fingerprint density at radius 1 is 1.55 bits per heavy atom. The monoisotopic (exact) mass is 150 g/mol. The number of hydrogen-bond acceptors (Lipinski definition) is 3. The van der Waals surface area contributed by atoms with E-state index < -0.39 is 0 Å². The van der Waals surface area contributed by atoms with Gasteiger partial charge in [-0.05, 0) is 0 Å². The predicted molar refractivity (Wildman–Crippen MR) is 43.7 cm³/mol. The molecule has 1 aromatic rings. The van der Waals surface area contributed by atoms with Crippen molar-refractivity contribution in [1.82, 2.24) is 9.78 Å². The van der Waals surface area contributed by atoms with E-state index >= 15 is 0 Å². The number of nitrogens with zero attached hydrogens (tertiary/aromatic N) is 4. The topological polar surface area (TPSA) is 33.4 Å². The van der Waals surface area contributed by atoms with Crippen molar-refractivity contribution in [2.75, 3.05) is 11.6 Å². The van der Waals surface area contributed by atoms with Gasteiger partial charge in [0.15, 0.2) is 0 Å². The Kier molecular flexibility index (Phi) is 1.38. The molecule has 0 saturated heterocycles. The van der Waals surface area contributed by atoms with Gasteiger partial charge in [0.1, 0.15) is 0 Å². The molecule has 4 nitrogen and oxygen atoms in total. The van der Waals surface area contributed by atoms with Crippen molar-refractivity contribution in [3.05, 3.63) is 12.4 Å². The normalized spacial score (nSPS) is 16.3. The van der Waals surface area contributed by atoms with E-state index in [0.29, 0.717) is 0 Å². The third-order valence-corrected chi connectivity index (χ3v) is 1.68. The number of hydrazone groups is 1. The van der Waals surface area contributed by atoms with Crippen molar-refractivity contribution in [2.45, 2.75) is 6.42 Å². The first kappa shape index (κ1) is 6.39. The first-order chi connectivity index (χ1) is 5.36. The molecule has 11 heavy (non-hydrogen) atoms. The molecule has 0 amide bonds. The lowest BCUT2D eigenvalue weighted by Gasteiger charge is -2.08. The van der Waals surface area contributed by atoms with Crippen LogP contribution in [0.1, 0.15) is 6.42 Å². The zero-order valence-corrected chi connectivity index (χ0v) is 6.44. The van der Waals surface area contributed by atoms with Crippen LogP contribution in [0.5, 0.6) is 0 Å². The lowest BCUT2D eigenvalue weighted by Crippen LogP contribution is -2.10. The van der Waals surface area contributed by atoms with Gasteiger partial charge < -0.3 is 0 Å². The van der Waals surface area contributed by atoms with Crippen LogP contribution in [0.15, 0.2) is 17.5 Å². The third kappa shape index (κ3) is 1.11. The number of aryl methyl sites for hydroxylation is 1. The Balaban J connectivity index is 2.22. The fourth-order valence-corrected chi connectivity index (χ4v) is 1.13. The average Bonchev–Trinajstić information content (AvgIpc) is 2.55. The van der Waals surface area contributed by atoms with E-state index in [1.807, 2.05) is 30.7 Å². The fourth-order valence-electron chi connectivity index (χ4n) is 1.13. The van der Waals surface area contributed by atoms with E-state index in [1.165, 1.54) is 0 Å². The third-order valence-electron chi connectivity index (χ3n) is 1.68. The van der Waals surface area contributed by atoms with Crippen molar-refractivity contribution in [3.8, 4) is 0 Å². The molecule has 0 aromatic carbocycles. The summed E-state index contributed by atoms with van der Waals surface area (Å²) in [5.74, 6) is 0. The number of rotatable bonds is 1. The number of hydrogen-bond donors (Lipinski definition) is 0. The van der Waals surface area contributed by atoms with Crippen molar-refractivity contribution in [3.63, 3.8) is 0 Å². The molecule has 0 saturated carbocycles. The summed E-state index contributed by atoms with van der Waals surface area (Å²) < 4.78 is 1.78. The van der Waals surface area contributed by atoms with Gasteiger partial charge in [0, 0.05) is 32.4 Å². The highest BCUT2D eigenvalue weighted by Gasteiger charge is 2.08. The lowest BCUT2D eigenvalue weighted by molar-refractivity contribution is 0.767. The van der Waals surface area contributed by atoms with Gasteiger partial charge in [-0.25, -0.2) is 0 Å². The molecule has 2 rings (SSSR count). The SMILES string of the molecule is Cn1cc(N2CCC=N2)cn1. The van der Waals surface area contributed by atoms with E-state index in [-0.39, 0.29) is 0 Å². The van der Waals surface area contributed by atoms with E-state index in [0.717, 1.165) is 18.7 Å². The molecule has 0 N–H and O–H groups in total. The summed E-state index contributed by atoms with van der Waals surface area (Å²) in [5, 5.41) is 10.2. The number of anilines is 1. The minimum atomic E-state index is 0.978. The van der Waals surface area contributed by atoms with Gasteiger partial charge in [-0.2, -0.15) is 10.2 Å². The summed E-state index contributed by atoms with van der Waals surface area (Å²) in [6.45, 7) is 0.978. The summed E-state index contributed by atoms with van der Waals surface area (Å²) in [6, 6.07) is 0. The number of aromatic nitrogens is 2. The molecule has 1 aliphatic rings. The molecule has 0 atom stereocenters. The molecule has 0 radical (unpaired) electrons. The molecule has 58 valence electrons. The fraction of sp³-hybridized carbons (Fsp3) is 0.429. The molecule has 0 fully saturated rings. The van der Waals surface area contributed by atoms with E-state index in [1.54, 1.807) is 4.68 Å². The van der Waals surface area contributed by atoms with Crippen molar-refractivity contribution in [1.29, 1.82) is 0 Å². The zero-order chi connectivity index (χ0) is 7.68. The second-order valence-electron chi connectivity index (χ2n) is 2.58. The van der Waals surface area contributed by atoms with Gasteiger partial charge in [-0.3, -0.25) is 9.69 Å². The predicted octanol–water partition coefficient (Wildman–Crippen LogP) is 0.616. The molecular formula is C7H10N4. The maximum atomic E-state index is 4.17. The molecular weight excluding hydrogens is 140 g/mol. The highest BCUT2D eigenvalue weighted by atomic mass is 15.5. The largest absolute Gasteiger partial charge is 0.274 e. The van der Waals surface area contributed by atoms with Crippen LogP contribution in [0.2, 0.25) is 0 Å². The average molecular weight is 150 g/mol. The highest BCUT2D eigenvalue weighted by molar-refractivity contribution is 5.64. The van der Waals surface area contributed by atoms with Crippen LogP contribution in [-0.4, -0.2) is 22.5 Å². The standard InChI is InChI=1S/C7H10N4/c1-10-6-7(5-9-10)11-4-2-3-8-11/h3,5-6H,2,4H2,1H3. The zero-order valence-electron chi connectivity index (χ0n) is 6.44. The molecule has 0 unspecified atom stereocenters. The molecule has 2 heterocycles. The van der Waals surface area contributed by atoms with Crippen LogP contribution in [0.25, 0.3) is 0 Å². The van der Waals surface area contributed by atoms with Gasteiger partial charge >= 0.3 is 0 Å². The van der Waals surface area contributed by atoms with Crippen LogP contribution in [0, 0.1) is 0 Å². The van der Waals surface area contributed by atoms with Crippen LogP contribution in [0.3, 0.4) is 0 Å². The smallest absolute Gasteiger partial charge is 0.0973 e.